The molecule has 7 atom stereocenters. The zero-order valence-corrected chi connectivity index (χ0v) is 59.1. The van der Waals surface area contributed by atoms with Gasteiger partial charge in [0.05, 0.1) is 32.0 Å². The van der Waals surface area contributed by atoms with Gasteiger partial charge in [0.25, 0.3) is 0 Å². The van der Waals surface area contributed by atoms with Crippen LogP contribution in [0.3, 0.4) is 0 Å². The summed E-state index contributed by atoms with van der Waals surface area (Å²) >= 11 is 0. The van der Waals surface area contributed by atoms with Gasteiger partial charge in [-0.3, -0.25) is 9.59 Å². The number of esters is 1. The Morgan fingerprint density at radius 3 is 1.12 bits per heavy atom. The fourth-order valence-electron chi connectivity index (χ4n) is 12.6. The third kappa shape index (κ3) is 56.2. The van der Waals surface area contributed by atoms with Crippen LogP contribution >= 0.6 is 0 Å². The number of rotatable bonds is 70. The van der Waals surface area contributed by atoms with Crippen LogP contribution in [0.4, 0.5) is 0 Å². The van der Waals surface area contributed by atoms with Gasteiger partial charge in [-0.15, -0.1) is 0 Å². The predicted molar refractivity (Wildman–Crippen MR) is 380 cm³/mol. The van der Waals surface area contributed by atoms with E-state index in [1.54, 1.807) is 6.08 Å². The normalized spacial score (nSPS) is 17.8. The third-order valence-electron chi connectivity index (χ3n) is 18.7. The number of amides is 1. The van der Waals surface area contributed by atoms with Gasteiger partial charge in [-0.1, -0.05) is 352 Å². The summed E-state index contributed by atoms with van der Waals surface area (Å²) in [4.78, 5) is 25.1. The Kier molecular flexibility index (Phi) is 65.2. The minimum absolute atomic E-state index is 0.0138. The van der Waals surface area contributed by atoms with Gasteiger partial charge >= 0.3 is 5.97 Å². The van der Waals surface area contributed by atoms with Crippen molar-refractivity contribution >= 4 is 11.9 Å². The lowest BCUT2D eigenvalue weighted by molar-refractivity contribution is -0.302. The summed E-state index contributed by atoms with van der Waals surface area (Å²) < 4.78 is 16.8. The van der Waals surface area contributed by atoms with E-state index in [4.69, 9.17) is 14.2 Å². The van der Waals surface area contributed by atoms with Crippen LogP contribution in [-0.4, -0.2) is 100 Å². The third-order valence-corrected chi connectivity index (χ3v) is 18.7. The van der Waals surface area contributed by atoms with Crippen LogP contribution in [0.25, 0.3) is 0 Å². The molecule has 0 saturated carbocycles. The number of ether oxygens (including phenoxy) is 3. The summed E-state index contributed by atoms with van der Waals surface area (Å²) in [6.07, 6.45) is 78.8. The minimum Gasteiger partial charge on any atom is -0.466 e. The van der Waals surface area contributed by atoms with E-state index in [0.717, 1.165) is 57.8 Å². The molecule has 0 aliphatic carbocycles. The molecular weight excluding hydrogens is 1120 g/mol. The van der Waals surface area contributed by atoms with Crippen LogP contribution in [-0.2, 0) is 23.8 Å². The lowest BCUT2D eigenvalue weighted by Crippen LogP contribution is -2.60. The summed E-state index contributed by atoms with van der Waals surface area (Å²) in [6.45, 7) is 4.39. The van der Waals surface area contributed by atoms with Gasteiger partial charge in [-0.2, -0.15) is 0 Å². The highest BCUT2D eigenvalue weighted by atomic mass is 16.7. The molecule has 0 aromatic carbocycles. The molecule has 90 heavy (non-hydrogen) atoms. The molecule has 0 aromatic rings. The van der Waals surface area contributed by atoms with Gasteiger partial charge in [0.2, 0.25) is 5.91 Å². The number of carbonyl (C=O) groups excluding carboxylic acids is 2. The molecule has 0 spiro atoms. The van der Waals surface area contributed by atoms with E-state index in [9.17, 15) is 35.1 Å². The SMILES string of the molecule is CCCCCCCCCCCCC/C=C/C(O)C(COC1OC(CO)C(O)C(O)C1O)NC(=O)CCCCCCCCCCCCCCCCCCC/C=C\C/C=C\CCCCCCCCCCCCCCCOC(=O)CCCCCCCCCCCCCC. The van der Waals surface area contributed by atoms with E-state index in [0.29, 0.717) is 19.4 Å². The highest BCUT2D eigenvalue weighted by Crippen LogP contribution is 2.24. The first-order valence-corrected chi connectivity index (χ1v) is 39.3. The van der Waals surface area contributed by atoms with Gasteiger partial charge in [0.15, 0.2) is 6.29 Å². The van der Waals surface area contributed by atoms with Crippen LogP contribution < -0.4 is 5.32 Å². The topological polar surface area (TPSA) is 175 Å². The number of hydrogen-bond donors (Lipinski definition) is 6. The van der Waals surface area contributed by atoms with Crippen molar-refractivity contribution in [3.63, 3.8) is 0 Å². The molecule has 11 nitrogen and oxygen atoms in total. The van der Waals surface area contributed by atoms with E-state index in [2.05, 4.69) is 43.5 Å². The van der Waals surface area contributed by atoms with Crippen molar-refractivity contribution in [2.24, 2.45) is 0 Å². The monoisotopic (exact) mass is 1270 g/mol. The van der Waals surface area contributed by atoms with E-state index < -0.39 is 49.5 Å². The molecule has 11 heteroatoms. The Hall–Kier alpha value is -2.12. The maximum atomic E-state index is 13.1. The second-order valence-corrected chi connectivity index (χ2v) is 27.4. The molecule has 0 aromatic heterocycles. The van der Waals surface area contributed by atoms with Crippen molar-refractivity contribution in [1.82, 2.24) is 5.32 Å². The van der Waals surface area contributed by atoms with Crippen molar-refractivity contribution in [3.8, 4) is 0 Å². The first-order chi connectivity index (χ1) is 44.2. The molecule has 0 radical (unpaired) electrons. The summed E-state index contributed by atoms with van der Waals surface area (Å²) in [6, 6.07) is -0.808. The van der Waals surface area contributed by atoms with E-state index in [1.807, 2.05) is 6.08 Å². The largest absolute Gasteiger partial charge is 0.466 e. The van der Waals surface area contributed by atoms with Gasteiger partial charge < -0.3 is 45.1 Å². The molecule has 0 bridgehead atoms. The Labute approximate surface area is 555 Å². The van der Waals surface area contributed by atoms with Crippen molar-refractivity contribution in [1.29, 1.82) is 0 Å². The molecule has 1 amide bonds. The molecule has 7 unspecified atom stereocenters. The molecule has 1 rings (SSSR count). The fraction of sp³-hybridized carbons (Fsp3) is 0.899. The quantitative estimate of drug-likeness (QED) is 0.0195. The summed E-state index contributed by atoms with van der Waals surface area (Å²) in [5, 5.41) is 54.6. The first-order valence-electron chi connectivity index (χ1n) is 39.3. The molecule has 1 heterocycles. The number of aliphatic hydroxyl groups is 5. The van der Waals surface area contributed by atoms with Gasteiger partial charge in [-0.05, 0) is 64.2 Å². The van der Waals surface area contributed by atoms with Crippen LogP contribution in [0, 0.1) is 0 Å². The molecule has 1 aliphatic rings. The zero-order valence-electron chi connectivity index (χ0n) is 59.1. The number of hydrogen-bond acceptors (Lipinski definition) is 10. The Balaban J connectivity index is 1.92. The standard InChI is InChI=1S/C79H149NO10/c1-3-5-7-9-11-13-15-42-45-49-53-57-61-65-72(82)71(70-89-79-78(87)77(86)76(85)73(69-81)90-79)80-74(83)66-62-58-54-50-46-43-40-38-36-34-32-30-28-26-24-22-20-18-17-19-21-23-25-27-29-31-33-35-37-39-41-44-48-52-56-60-64-68-88-75(84)67-63-59-55-51-47-16-14-12-10-8-6-4-2/h17,19,23,25,61,65,71-73,76-79,81-82,85-87H,3-16,18,20-22,24,26-60,62-64,66-70H2,1-2H3,(H,80,83)/b19-17-,25-23-,65-61+. The van der Waals surface area contributed by atoms with Crippen molar-refractivity contribution in [2.75, 3.05) is 19.8 Å². The molecule has 6 N–H and O–H groups in total. The van der Waals surface area contributed by atoms with Crippen molar-refractivity contribution in [3.05, 3.63) is 36.5 Å². The molecule has 1 aliphatic heterocycles. The lowest BCUT2D eigenvalue weighted by atomic mass is 9.99. The number of aliphatic hydroxyl groups excluding tert-OH is 5. The highest BCUT2D eigenvalue weighted by molar-refractivity contribution is 5.76. The zero-order chi connectivity index (χ0) is 65.1. The Morgan fingerprint density at radius 1 is 0.411 bits per heavy atom. The first kappa shape index (κ1) is 85.9. The van der Waals surface area contributed by atoms with Gasteiger partial charge in [-0.25, -0.2) is 0 Å². The van der Waals surface area contributed by atoms with Gasteiger partial charge in [0, 0.05) is 12.8 Å². The number of allylic oxidation sites excluding steroid dienone is 5. The predicted octanol–water partition coefficient (Wildman–Crippen LogP) is 20.9. The second kappa shape index (κ2) is 68.3. The number of carbonyl (C=O) groups is 2. The molecule has 1 fully saturated rings. The van der Waals surface area contributed by atoms with E-state index in [-0.39, 0.29) is 18.5 Å². The minimum atomic E-state index is -1.57. The smallest absolute Gasteiger partial charge is 0.305 e. The molecule has 1 saturated heterocycles. The molecular formula is C79H149NO10. The Bertz CT molecular complexity index is 1590. The van der Waals surface area contributed by atoms with Crippen LogP contribution in [0.2, 0.25) is 0 Å². The van der Waals surface area contributed by atoms with Crippen LogP contribution in [0.15, 0.2) is 36.5 Å². The fourth-order valence-corrected chi connectivity index (χ4v) is 12.6. The van der Waals surface area contributed by atoms with Crippen molar-refractivity contribution in [2.45, 2.75) is 436 Å². The maximum absolute atomic E-state index is 13.1. The average molecular weight is 1270 g/mol. The van der Waals surface area contributed by atoms with E-state index >= 15 is 0 Å². The van der Waals surface area contributed by atoms with Gasteiger partial charge in [0.1, 0.15) is 24.4 Å². The summed E-state index contributed by atoms with van der Waals surface area (Å²) in [5.41, 5.74) is 0. The summed E-state index contributed by atoms with van der Waals surface area (Å²) in [7, 11) is 0. The maximum Gasteiger partial charge on any atom is 0.305 e. The van der Waals surface area contributed by atoms with Crippen molar-refractivity contribution < 1.29 is 49.3 Å². The average Bonchev–Trinajstić information content (AvgIpc) is 2.71. The number of unbranched alkanes of at least 4 members (excludes halogenated alkanes) is 52. The Morgan fingerprint density at radius 2 is 0.744 bits per heavy atom. The van der Waals surface area contributed by atoms with Crippen LogP contribution in [0.1, 0.15) is 393 Å². The van der Waals surface area contributed by atoms with E-state index in [1.165, 1.54) is 308 Å². The summed E-state index contributed by atoms with van der Waals surface area (Å²) in [5.74, 6) is -0.163. The second-order valence-electron chi connectivity index (χ2n) is 27.4. The lowest BCUT2D eigenvalue weighted by Gasteiger charge is -2.40. The molecule has 530 valence electrons. The number of nitrogens with one attached hydrogen (secondary N) is 1. The highest BCUT2D eigenvalue weighted by Gasteiger charge is 2.44. The van der Waals surface area contributed by atoms with Crippen LogP contribution in [0.5, 0.6) is 0 Å².